The van der Waals surface area contributed by atoms with Gasteiger partial charge in [-0.2, -0.15) is 0 Å². The number of anilines is 1. The highest BCUT2D eigenvalue weighted by molar-refractivity contribution is 5.93. The first kappa shape index (κ1) is 19.5. The van der Waals surface area contributed by atoms with Gasteiger partial charge in [-0.3, -0.25) is 9.97 Å². The average molecular weight is 406 g/mol. The predicted molar refractivity (Wildman–Crippen MR) is 129 cm³/mol. The smallest absolute Gasteiger partial charge is 0.0939 e. The Hall–Kier alpha value is -3.46. The van der Waals surface area contributed by atoms with Crippen molar-refractivity contribution in [2.45, 2.75) is 33.7 Å². The molecule has 0 saturated carbocycles. The van der Waals surface area contributed by atoms with Crippen LogP contribution in [0, 0.1) is 6.92 Å². The molecule has 1 aliphatic heterocycles. The summed E-state index contributed by atoms with van der Waals surface area (Å²) in [5, 5.41) is 0. The van der Waals surface area contributed by atoms with E-state index >= 15 is 0 Å². The average Bonchev–Trinajstić information content (AvgIpc) is 2.79. The molecule has 1 unspecified atom stereocenters. The van der Waals surface area contributed by atoms with E-state index in [4.69, 9.17) is 4.98 Å². The largest absolute Gasteiger partial charge is 0.358 e. The van der Waals surface area contributed by atoms with Crippen LogP contribution in [0.15, 0.2) is 84.2 Å². The van der Waals surface area contributed by atoms with Crippen molar-refractivity contribution in [3.8, 4) is 0 Å². The standard InChI is InChI=1S/C28H27N3/c1-18-8-10-22(11-9-18)24-12-14-31(21(4)25-7-5-6-13-29-25)26-16-23(17-30-28(24)26)27-19(2)15-20(27)3/h5-13,15-17,21H,14H2,1-4H3. The van der Waals surface area contributed by atoms with Crippen LogP contribution in [0.1, 0.15) is 54.9 Å². The summed E-state index contributed by atoms with van der Waals surface area (Å²) in [6.07, 6.45) is 8.44. The molecule has 0 bridgehead atoms. The van der Waals surface area contributed by atoms with Crippen molar-refractivity contribution < 1.29 is 0 Å². The maximum Gasteiger partial charge on any atom is 0.0939 e. The summed E-state index contributed by atoms with van der Waals surface area (Å²) in [4.78, 5) is 12.0. The molecule has 0 fully saturated rings. The third-order valence-corrected chi connectivity index (χ3v) is 6.38. The Labute approximate surface area is 184 Å². The van der Waals surface area contributed by atoms with Crippen molar-refractivity contribution in [1.29, 1.82) is 0 Å². The number of allylic oxidation sites excluding steroid dienone is 4. The summed E-state index contributed by atoms with van der Waals surface area (Å²) < 4.78 is 0. The van der Waals surface area contributed by atoms with E-state index in [1.165, 1.54) is 44.7 Å². The molecule has 3 nitrogen and oxygen atoms in total. The van der Waals surface area contributed by atoms with E-state index in [1.54, 1.807) is 0 Å². The van der Waals surface area contributed by atoms with Crippen molar-refractivity contribution in [1.82, 2.24) is 9.97 Å². The first-order chi connectivity index (χ1) is 15.0. The molecular formula is C28H27N3. The lowest BCUT2D eigenvalue weighted by Crippen LogP contribution is -2.31. The summed E-state index contributed by atoms with van der Waals surface area (Å²) in [5.74, 6) is 0. The monoisotopic (exact) mass is 405 g/mol. The van der Waals surface area contributed by atoms with Gasteiger partial charge in [0.2, 0.25) is 0 Å². The Balaban J connectivity index is 1.62. The highest BCUT2D eigenvalue weighted by Crippen LogP contribution is 2.42. The molecule has 3 aromatic rings. The Kier molecular flexibility index (Phi) is 4.82. The number of aryl methyl sites for hydroxylation is 1. The molecule has 5 rings (SSSR count). The Morgan fingerprint density at radius 3 is 2.42 bits per heavy atom. The maximum atomic E-state index is 5.01. The summed E-state index contributed by atoms with van der Waals surface area (Å²) in [6, 6.07) is 17.3. The number of fused-ring (bicyclic) bond motifs is 1. The number of aromatic nitrogens is 2. The maximum absolute atomic E-state index is 5.01. The lowest BCUT2D eigenvalue weighted by Gasteiger charge is -2.35. The number of rotatable bonds is 4. The van der Waals surface area contributed by atoms with Crippen molar-refractivity contribution in [3.63, 3.8) is 0 Å². The van der Waals surface area contributed by atoms with Crippen molar-refractivity contribution >= 4 is 16.8 Å². The van der Waals surface area contributed by atoms with E-state index in [-0.39, 0.29) is 6.04 Å². The lowest BCUT2D eigenvalue weighted by molar-refractivity contribution is 0.681. The van der Waals surface area contributed by atoms with E-state index in [0.29, 0.717) is 0 Å². The van der Waals surface area contributed by atoms with Gasteiger partial charge in [-0.1, -0.05) is 48.0 Å². The number of nitrogens with zero attached hydrogens (tertiary/aromatic N) is 3. The molecule has 0 spiro atoms. The van der Waals surface area contributed by atoms with Gasteiger partial charge in [-0.15, -0.1) is 0 Å². The number of hydrogen-bond donors (Lipinski definition) is 0. The SMILES string of the molecule is CC1=CC(C)=C1c1cnc2c(c1)N(C(C)c1ccccn1)CC=C2c1ccc(C)cc1. The highest BCUT2D eigenvalue weighted by Gasteiger charge is 2.27. The van der Waals surface area contributed by atoms with E-state index < -0.39 is 0 Å². The van der Waals surface area contributed by atoms with Crippen LogP contribution in [-0.2, 0) is 0 Å². The van der Waals surface area contributed by atoms with Gasteiger partial charge in [0.1, 0.15) is 0 Å². The van der Waals surface area contributed by atoms with Crippen LogP contribution < -0.4 is 4.90 Å². The summed E-state index contributed by atoms with van der Waals surface area (Å²) in [6.45, 7) is 9.52. The molecule has 154 valence electrons. The van der Waals surface area contributed by atoms with E-state index in [1.807, 2.05) is 18.5 Å². The molecule has 0 amide bonds. The minimum atomic E-state index is 0.154. The Morgan fingerprint density at radius 1 is 0.935 bits per heavy atom. The van der Waals surface area contributed by atoms with Crippen LogP contribution in [0.4, 0.5) is 5.69 Å². The third-order valence-electron chi connectivity index (χ3n) is 6.38. The number of benzene rings is 1. The highest BCUT2D eigenvalue weighted by atomic mass is 15.2. The molecule has 2 aliphatic rings. The zero-order chi connectivity index (χ0) is 21.5. The third kappa shape index (κ3) is 3.40. The Bertz CT molecular complexity index is 1230. The minimum absolute atomic E-state index is 0.154. The van der Waals surface area contributed by atoms with Gasteiger partial charge in [0.05, 0.1) is 23.1 Å². The predicted octanol–water partition coefficient (Wildman–Crippen LogP) is 6.53. The van der Waals surface area contributed by atoms with Gasteiger partial charge in [-0.25, -0.2) is 0 Å². The molecule has 0 N–H and O–H groups in total. The fourth-order valence-corrected chi connectivity index (χ4v) is 4.70. The van der Waals surface area contributed by atoms with Gasteiger partial charge in [0.25, 0.3) is 0 Å². The normalized spacial score (nSPS) is 16.3. The Morgan fingerprint density at radius 2 is 1.74 bits per heavy atom. The minimum Gasteiger partial charge on any atom is -0.358 e. The molecule has 3 heteroatoms. The van der Waals surface area contributed by atoms with Gasteiger partial charge in [0, 0.05) is 30.1 Å². The molecule has 1 aliphatic carbocycles. The van der Waals surface area contributed by atoms with Gasteiger partial charge >= 0.3 is 0 Å². The van der Waals surface area contributed by atoms with Crippen LogP contribution in [0.5, 0.6) is 0 Å². The molecule has 1 aromatic carbocycles. The molecule has 2 aromatic heterocycles. The van der Waals surface area contributed by atoms with Crippen LogP contribution in [-0.4, -0.2) is 16.5 Å². The first-order valence-electron chi connectivity index (χ1n) is 10.9. The number of hydrogen-bond acceptors (Lipinski definition) is 3. The summed E-state index contributed by atoms with van der Waals surface area (Å²) in [7, 11) is 0. The second-order valence-corrected chi connectivity index (χ2v) is 8.54. The quantitative estimate of drug-likeness (QED) is 0.494. The molecule has 31 heavy (non-hydrogen) atoms. The lowest BCUT2D eigenvalue weighted by atomic mass is 9.85. The van der Waals surface area contributed by atoms with Crippen molar-refractivity contribution in [2.24, 2.45) is 0 Å². The number of pyridine rings is 2. The van der Waals surface area contributed by atoms with Gasteiger partial charge < -0.3 is 4.90 Å². The second-order valence-electron chi connectivity index (χ2n) is 8.54. The van der Waals surface area contributed by atoms with Crippen LogP contribution in [0.3, 0.4) is 0 Å². The molecule has 3 heterocycles. The molecule has 1 atom stereocenters. The van der Waals surface area contributed by atoms with Crippen LogP contribution >= 0.6 is 0 Å². The van der Waals surface area contributed by atoms with Crippen LogP contribution in [0.2, 0.25) is 0 Å². The van der Waals surface area contributed by atoms with E-state index in [0.717, 1.165) is 17.9 Å². The van der Waals surface area contributed by atoms with Gasteiger partial charge in [0.15, 0.2) is 0 Å². The fourth-order valence-electron chi connectivity index (χ4n) is 4.70. The zero-order valence-corrected chi connectivity index (χ0v) is 18.6. The zero-order valence-electron chi connectivity index (χ0n) is 18.6. The van der Waals surface area contributed by atoms with E-state index in [2.05, 4.69) is 92.2 Å². The summed E-state index contributed by atoms with van der Waals surface area (Å²) in [5.41, 5.74) is 12.2. The fraction of sp³-hybridized carbons (Fsp3) is 0.214. The summed E-state index contributed by atoms with van der Waals surface area (Å²) >= 11 is 0. The molecule has 0 saturated heterocycles. The van der Waals surface area contributed by atoms with E-state index in [9.17, 15) is 0 Å². The van der Waals surface area contributed by atoms with Gasteiger partial charge in [-0.05, 0) is 68.2 Å². The topological polar surface area (TPSA) is 29.0 Å². The van der Waals surface area contributed by atoms with Crippen LogP contribution in [0.25, 0.3) is 11.1 Å². The second kappa shape index (κ2) is 7.66. The van der Waals surface area contributed by atoms with Crippen molar-refractivity contribution in [2.75, 3.05) is 11.4 Å². The molecule has 0 radical (unpaired) electrons. The van der Waals surface area contributed by atoms with Crippen molar-refractivity contribution in [3.05, 3.63) is 112 Å². The molecular weight excluding hydrogens is 378 g/mol. The first-order valence-corrected chi connectivity index (χ1v) is 10.9.